The number of pyridine rings is 1. The maximum absolute atomic E-state index is 14.2. The van der Waals surface area contributed by atoms with E-state index < -0.39 is 28.7 Å². The molecule has 3 aromatic rings. The second-order valence-electron chi connectivity index (χ2n) is 8.20. The summed E-state index contributed by atoms with van der Waals surface area (Å²) in [7, 11) is 0. The number of amides is 1. The topological polar surface area (TPSA) is 93.6 Å². The number of likely N-dealkylation sites (tertiary alicyclic amines) is 1. The van der Waals surface area contributed by atoms with Crippen LogP contribution in [0.25, 0.3) is 10.9 Å². The number of fused-ring (bicyclic) bond motifs is 1. The molecule has 2 aromatic carbocycles. The van der Waals surface area contributed by atoms with E-state index in [0.29, 0.717) is 0 Å². The Morgan fingerprint density at radius 1 is 1.20 bits per heavy atom. The number of carbonyl (C=O) groups is 1. The quantitative estimate of drug-likeness (QED) is 0.617. The van der Waals surface area contributed by atoms with Crippen LogP contribution in [0.1, 0.15) is 22.0 Å². The second-order valence-corrected chi connectivity index (χ2v) is 8.20. The zero-order valence-corrected chi connectivity index (χ0v) is 16.1. The average molecular weight is 408 g/mol. The lowest BCUT2D eigenvalue weighted by atomic mass is 9.95. The van der Waals surface area contributed by atoms with Crippen LogP contribution in [0.4, 0.5) is 4.39 Å². The maximum atomic E-state index is 14.2. The minimum Gasteiger partial charge on any atom is -0.396 e. The number of H-pyrrole nitrogens is 1. The van der Waals surface area contributed by atoms with E-state index in [1.165, 1.54) is 29.2 Å². The van der Waals surface area contributed by atoms with Crippen LogP contribution in [0.2, 0.25) is 0 Å². The predicted octanol–water partition coefficient (Wildman–Crippen LogP) is 1.88. The summed E-state index contributed by atoms with van der Waals surface area (Å²) in [5.74, 6) is -1.28. The molecule has 2 heterocycles. The average Bonchev–Trinajstić information content (AvgIpc) is 3.29. The number of rotatable bonds is 3. The molecule has 3 N–H and O–H groups in total. The summed E-state index contributed by atoms with van der Waals surface area (Å²) in [6.07, 6.45) is -0.798. The number of aromatic nitrogens is 1. The molecule has 6 nitrogen and oxygen atoms in total. The van der Waals surface area contributed by atoms with Gasteiger partial charge in [0.1, 0.15) is 11.5 Å². The first-order valence-electron chi connectivity index (χ1n) is 9.92. The first-order valence-corrected chi connectivity index (χ1v) is 9.92. The standard InChI is InChI=1S/C23H21FN2O4/c24-16-8-4-7-14-18(28)9-17(25-21(14)16)22(30)26-10-19(29)23(12-26)15(11-27)20(23)13-5-2-1-3-6-13/h1-9,15,19-20,27,29H,10-12H2,(H,25,28)/t15-,19+,20-,23-/m1/s1. The molecule has 4 atom stereocenters. The van der Waals surface area contributed by atoms with Crippen molar-refractivity contribution >= 4 is 16.8 Å². The largest absolute Gasteiger partial charge is 0.396 e. The molecule has 1 aliphatic heterocycles. The molecule has 1 amide bonds. The van der Waals surface area contributed by atoms with Crippen LogP contribution >= 0.6 is 0 Å². The van der Waals surface area contributed by atoms with Gasteiger partial charge in [-0.2, -0.15) is 0 Å². The van der Waals surface area contributed by atoms with Crippen LogP contribution in [-0.2, 0) is 0 Å². The highest BCUT2D eigenvalue weighted by Gasteiger charge is 2.71. The molecular formula is C23H21FN2O4. The number of nitrogens with one attached hydrogen (secondary N) is 1. The Morgan fingerprint density at radius 3 is 2.70 bits per heavy atom. The Bertz CT molecular complexity index is 1190. The summed E-state index contributed by atoms with van der Waals surface area (Å²) in [5, 5.41) is 20.9. The number of nitrogens with zero attached hydrogens (tertiary/aromatic N) is 1. The molecule has 5 rings (SSSR count). The van der Waals surface area contributed by atoms with Crippen molar-refractivity contribution in [3.8, 4) is 0 Å². The van der Waals surface area contributed by atoms with Crippen LogP contribution in [0.5, 0.6) is 0 Å². The molecule has 1 spiro atoms. The van der Waals surface area contributed by atoms with Gasteiger partial charge in [0.05, 0.1) is 11.6 Å². The van der Waals surface area contributed by atoms with E-state index in [0.717, 1.165) is 5.56 Å². The number of halogens is 1. The second kappa shape index (κ2) is 6.75. The van der Waals surface area contributed by atoms with E-state index in [-0.39, 0.29) is 48.1 Å². The molecule has 1 aromatic heterocycles. The molecule has 0 bridgehead atoms. The van der Waals surface area contributed by atoms with Crippen molar-refractivity contribution in [2.45, 2.75) is 12.0 Å². The van der Waals surface area contributed by atoms with Crippen molar-refractivity contribution < 1.29 is 19.4 Å². The van der Waals surface area contributed by atoms with E-state index in [2.05, 4.69) is 4.98 Å². The third-order valence-electron chi connectivity index (χ3n) is 6.73. The van der Waals surface area contributed by atoms with Gasteiger partial charge < -0.3 is 20.1 Å². The van der Waals surface area contributed by atoms with Crippen molar-refractivity contribution in [3.05, 3.63) is 81.9 Å². The molecule has 2 fully saturated rings. The zero-order valence-electron chi connectivity index (χ0n) is 16.1. The molecule has 7 heteroatoms. The lowest BCUT2D eigenvalue weighted by Gasteiger charge is -2.17. The zero-order chi connectivity index (χ0) is 21.0. The van der Waals surface area contributed by atoms with Gasteiger partial charge in [-0.1, -0.05) is 36.4 Å². The molecule has 1 saturated heterocycles. The third kappa shape index (κ3) is 2.62. The maximum Gasteiger partial charge on any atom is 0.270 e. The Morgan fingerprint density at radius 2 is 1.97 bits per heavy atom. The van der Waals surface area contributed by atoms with Crippen LogP contribution in [0.3, 0.4) is 0 Å². The van der Waals surface area contributed by atoms with Gasteiger partial charge >= 0.3 is 0 Å². The van der Waals surface area contributed by atoms with Crippen molar-refractivity contribution in [2.75, 3.05) is 19.7 Å². The fraction of sp³-hybridized carbons (Fsp3) is 0.304. The fourth-order valence-corrected chi connectivity index (χ4v) is 5.24. The number of carbonyl (C=O) groups excluding carboxylic acids is 1. The van der Waals surface area contributed by atoms with Gasteiger partial charge in [0.2, 0.25) is 0 Å². The van der Waals surface area contributed by atoms with Crippen LogP contribution < -0.4 is 5.43 Å². The molecule has 0 radical (unpaired) electrons. The summed E-state index contributed by atoms with van der Waals surface area (Å²) >= 11 is 0. The van der Waals surface area contributed by atoms with E-state index in [9.17, 15) is 24.2 Å². The normalized spacial score (nSPS) is 27.7. The number of hydrogen-bond acceptors (Lipinski definition) is 4. The first-order chi connectivity index (χ1) is 14.5. The minimum absolute atomic E-state index is 0.00960. The van der Waals surface area contributed by atoms with Crippen molar-refractivity contribution in [1.29, 1.82) is 0 Å². The molecule has 154 valence electrons. The van der Waals surface area contributed by atoms with E-state index in [4.69, 9.17) is 0 Å². The third-order valence-corrected chi connectivity index (χ3v) is 6.73. The Balaban J connectivity index is 1.47. The lowest BCUT2D eigenvalue weighted by Crippen LogP contribution is -2.31. The summed E-state index contributed by atoms with van der Waals surface area (Å²) in [4.78, 5) is 29.7. The number of aliphatic hydroxyl groups excluding tert-OH is 2. The SMILES string of the molecule is O=C(c1cc(=O)c2cccc(F)c2[nH]1)N1C[C@H](O)[C@@]2(C1)[C@H](CO)[C@H]2c1ccccc1. The van der Waals surface area contributed by atoms with Gasteiger partial charge in [0.25, 0.3) is 5.91 Å². The minimum atomic E-state index is -0.798. The molecule has 2 aliphatic rings. The fourth-order valence-electron chi connectivity index (χ4n) is 5.24. The monoisotopic (exact) mass is 408 g/mol. The van der Waals surface area contributed by atoms with E-state index in [1.54, 1.807) is 0 Å². The van der Waals surface area contributed by atoms with E-state index in [1.807, 2.05) is 30.3 Å². The van der Waals surface area contributed by atoms with Gasteiger partial charge in [-0.15, -0.1) is 0 Å². The number of para-hydroxylation sites is 1. The molecule has 1 saturated carbocycles. The summed E-state index contributed by atoms with van der Waals surface area (Å²) in [5.41, 5.74) is -0.0633. The van der Waals surface area contributed by atoms with Crippen LogP contribution in [0, 0.1) is 17.2 Å². The van der Waals surface area contributed by atoms with Crippen molar-refractivity contribution in [1.82, 2.24) is 9.88 Å². The number of benzene rings is 2. The van der Waals surface area contributed by atoms with E-state index >= 15 is 0 Å². The van der Waals surface area contributed by atoms with Gasteiger partial charge in [-0.3, -0.25) is 9.59 Å². The smallest absolute Gasteiger partial charge is 0.270 e. The van der Waals surface area contributed by atoms with Gasteiger partial charge in [-0.25, -0.2) is 4.39 Å². The molecule has 0 unspecified atom stereocenters. The van der Waals surface area contributed by atoms with Crippen LogP contribution in [0.15, 0.2) is 59.4 Å². The van der Waals surface area contributed by atoms with Gasteiger partial charge in [-0.05, 0) is 29.5 Å². The summed E-state index contributed by atoms with van der Waals surface area (Å²) < 4.78 is 14.2. The number of aromatic amines is 1. The Labute approximate surface area is 171 Å². The van der Waals surface area contributed by atoms with Gasteiger partial charge in [0, 0.05) is 36.6 Å². The highest BCUT2D eigenvalue weighted by atomic mass is 19.1. The number of β-amino-alcohol motifs (C(OH)–C–C–N with tert-alkyl or cyclic N) is 1. The highest BCUT2D eigenvalue weighted by molar-refractivity contribution is 5.95. The van der Waals surface area contributed by atoms with Gasteiger partial charge in [0.15, 0.2) is 5.43 Å². The molecular weight excluding hydrogens is 387 g/mol. The molecule has 30 heavy (non-hydrogen) atoms. The predicted molar refractivity (Wildman–Crippen MR) is 109 cm³/mol. The Hall–Kier alpha value is -3.03. The first kappa shape index (κ1) is 19.0. The highest BCUT2D eigenvalue weighted by Crippen LogP contribution is 2.68. The van der Waals surface area contributed by atoms with Crippen molar-refractivity contribution in [2.24, 2.45) is 11.3 Å². The van der Waals surface area contributed by atoms with Crippen LogP contribution in [-0.4, -0.2) is 51.8 Å². The number of aliphatic hydroxyl groups is 2. The lowest BCUT2D eigenvalue weighted by molar-refractivity contribution is 0.0758. The summed E-state index contributed by atoms with van der Waals surface area (Å²) in [6.45, 7) is 0.266. The van der Waals surface area contributed by atoms with Crippen molar-refractivity contribution in [3.63, 3.8) is 0 Å². The Kier molecular flexibility index (Phi) is 4.27. The summed E-state index contributed by atoms with van der Waals surface area (Å²) in [6, 6.07) is 15.0. The molecule has 1 aliphatic carbocycles. The number of hydrogen-bond donors (Lipinski definition) is 3.